The molecule has 0 radical (unpaired) electrons. The van der Waals surface area contributed by atoms with Gasteiger partial charge in [-0.1, -0.05) is 12.1 Å². The molecule has 0 bridgehead atoms. The van der Waals surface area contributed by atoms with Crippen molar-refractivity contribution < 1.29 is 32.2 Å². The maximum Gasteiger partial charge on any atom is 0.416 e. The van der Waals surface area contributed by atoms with Crippen molar-refractivity contribution >= 4 is 23.5 Å². The van der Waals surface area contributed by atoms with Crippen molar-refractivity contribution in [3.05, 3.63) is 89.2 Å². The zero-order chi connectivity index (χ0) is 26.5. The molecule has 0 fully saturated rings. The van der Waals surface area contributed by atoms with E-state index in [2.05, 4.69) is 10.6 Å². The van der Waals surface area contributed by atoms with E-state index in [0.717, 1.165) is 18.3 Å². The van der Waals surface area contributed by atoms with E-state index in [-0.39, 0.29) is 5.82 Å². The van der Waals surface area contributed by atoms with Crippen LogP contribution < -0.4 is 15.4 Å². The van der Waals surface area contributed by atoms with E-state index in [1.807, 2.05) is 0 Å². The number of alkyl halides is 3. The van der Waals surface area contributed by atoms with Gasteiger partial charge in [0.05, 0.1) is 11.6 Å². The predicted molar refractivity (Wildman–Crippen MR) is 128 cm³/mol. The van der Waals surface area contributed by atoms with Crippen LogP contribution in [0.4, 0.5) is 28.9 Å². The second-order valence-electron chi connectivity index (χ2n) is 8.16. The molecule has 0 spiro atoms. The number of carbonyl (C=O) groups is 1. The molecule has 3 aromatic rings. The number of aliphatic hydroxyl groups excluding tert-OH is 1. The first-order valence-electron chi connectivity index (χ1n) is 11.0. The molecule has 10 heteroatoms. The third-order valence-corrected chi connectivity index (χ3v) is 5.33. The van der Waals surface area contributed by atoms with Gasteiger partial charge in [0.25, 0.3) is 0 Å². The van der Waals surface area contributed by atoms with E-state index in [4.69, 9.17) is 10.1 Å². The summed E-state index contributed by atoms with van der Waals surface area (Å²) in [7, 11) is 0. The highest BCUT2D eigenvalue weighted by Crippen LogP contribution is 2.33. The first kappa shape index (κ1) is 26.7. The minimum Gasteiger partial charge on any atom is -0.484 e. The fourth-order valence-corrected chi connectivity index (χ4v) is 3.42. The summed E-state index contributed by atoms with van der Waals surface area (Å²) < 4.78 is 58.3. The second kappa shape index (κ2) is 11.2. The van der Waals surface area contributed by atoms with E-state index < -0.39 is 35.9 Å². The number of hydrogen-bond acceptors (Lipinski definition) is 5. The van der Waals surface area contributed by atoms with Gasteiger partial charge in [-0.15, -0.1) is 0 Å². The smallest absolute Gasteiger partial charge is 0.416 e. The highest BCUT2D eigenvalue weighted by molar-refractivity contribution is 5.88. The SMILES string of the molecule is C[C@H](NC(=O)[C@@H](C)O)[C@H](Oc1ccc(Nc2ccc(F)cc2)c(C=N)c1)c1ccc(C(F)(F)F)cc1. The third kappa shape index (κ3) is 6.82. The summed E-state index contributed by atoms with van der Waals surface area (Å²) in [4.78, 5) is 12.0. The lowest BCUT2D eigenvalue weighted by Gasteiger charge is -2.27. The largest absolute Gasteiger partial charge is 0.484 e. The maximum atomic E-state index is 13.2. The van der Waals surface area contributed by atoms with Crippen molar-refractivity contribution in [1.82, 2.24) is 5.32 Å². The van der Waals surface area contributed by atoms with Gasteiger partial charge in [-0.3, -0.25) is 4.79 Å². The third-order valence-electron chi connectivity index (χ3n) is 5.33. The van der Waals surface area contributed by atoms with Crippen LogP contribution in [0.3, 0.4) is 0 Å². The van der Waals surface area contributed by atoms with Crippen LogP contribution in [-0.2, 0) is 11.0 Å². The summed E-state index contributed by atoms with van der Waals surface area (Å²) in [5, 5.41) is 23.0. The first-order chi connectivity index (χ1) is 17.0. The topological polar surface area (TPSA) is 94.4 Å². The fraction of sp³-hybridized carbons (Fsp3) is 0.231. The average Bonchev–Trinajstić information content (AvgIpc) is 2.84. The zero-order valence-electron chi connectivity index (χ0n) is 19.4. The molecule has 1 amide bonds. The molecule has 4 N–H and O–H groups in total. The molecular weight excluding hydrogens is 478 g/mol. The van der Waals surface area contributed by atoms with Crippen LogP contribution >= 0.6 is 0 Å². The maximum absolute atomic E-state index is 13.2. The summed E-state index contributed by atoms with van der Waals surface area (Å²) in [5.74, 6) is -0.758. The molecule has 0 aliphatic heterocycles. The number of rotatable bonds is 9. The van der Waals surface area contributed by atoms with Crippen molar-refractivity contribution in [1.29, 1.82) is 5.41 Å². The van der Waals surface area contributed by atoms with Gasteiger partial charge in [-0.2, -0.15) is 13.2 Å². The van der Waals surface area contributed by atoms with E-state index in [1.54, 1.807) is 37.3 Å². The molecule has 3 rings (SSSR count). The zero-order valence-corrected chi connectivity index (χ0v) is 19.4. The molecule has 190 valence electrons. The summed E-state index contributed by atoms with van der Waals surface area (Å²) in [6.45, 7) is 2.89. The number of aliphatic hydroxyl groups is 1. The van der Waals surface area contributed by atoms with Gasteiger partial charge in [0, 0.05) is 23.2 Å². The summed E-state index contributed by atoms with van der Waals surface area (Å²) in [5.41, 5.74) is 1.12. The molecule has 0 aliphatic carbocycles. The fourth-order valence-electron chi connectivity index (χ4n) is 3.42. The molecule has 3 atom stereocenters. The molecule has 0 aromatic heterocycles. The lowest BCUT2D eigenvalue weighted by molar-refractivity contribution is -0.137. The Kier molecular flexibility index (Phi) is 8.31. The highest BCUT2D eigenvalue weighted by Gasteiger charge is 2.31. The minimum atomic E-state index is -4.51. The quantitative estimate of drug-likeness (QED) is 0.226. The Hall–Kier alpha value is -3.92. The van der Waals surface area contributed by atoms with Gasteiger partial charge in [0.2, 0.25) is 5.91 Å². The molecule has 6 nitrogen and oxygen atoms in total. The van der Waals surface area contributed by atoms with Crippen LogP contribution in [0.1, 0.15) is 36.6 Å². The Labute approximate surface area is 205 Å². The van der Waals surface area contributed by atoms with Gasteiger partial charge < -0.3 is 25.9 Å². The van der Waals surface area contributed by atoms with Gasteiger partial charge in [-0.05, 0) is 74.0 Å². The Morgan fingerprint density at radius 2 is 1.67 bits per heavy atom. The molecule has 36 heavy (non-hydrogen) atoms. The van der Waals surface area contributed by atoms with Crippen LogP contribution in [0.2, 0.25) is 0 Å². The van der Waals surface area contributed by atoms with Crippen LogP contribution in [0.25, 0.3) is 0 Å². The molecule has 0 heterocycles. The number of carbonyl (C=O) groups excluding carboxylic acids is 1. The Balaban J connectivity index is 1.89. The van der Waals surface area contributed by atoms with E-state index in [1.165, 1.54) is 31.2 Å². The number of benzene rings is 3. The molecule has 0 saturated heterocycles. The lowest BCUT2D eigenvalue weighted by Crippen LogP contribution is -2.43. The molecule has 0 saturated carbocycles. The predicted octanol–water partition coefficient (Wildman–Crippen LogP) is 5.59. The first-order valence-corrected chi connectivity index (χ1v) is 11.0. The van der Waals surface area contributed by atoms with Gasteiger partial charge in [-0.25, -0.2) is 4.39 Å². The summed E-state index contributed by atoms with van der Waals surface area (Å²) >= 11 is 0. The van der Waals surface area contributed by atoms with Gasteiger partial charge in [0.15, 0.2) is 0 Å². The van der Waals surface area contributed by atoms with Crippen molar-refractivity contribution in [3.63, 3.8) is 0 Å². The number of anilines is 2. The number of hydrogen-bond donors (Lipinski definition) is 4. The second-order valence-corrected chi connectivity index (χ2v) is 8.16. The Bertz CT molecular complexity index is 1200. The molecule has 0 unspecified atom stereocenters. The normalized spacial score (nSPS) is 13.9. The number of halogens is 4. The molecular formula is C26H25F4N3O3. The summed E-state index contributed by atoms with van der Waals surface area (Å²) in [6, 6.07) is 14.1. The number of amides is 1. The van der Waals surface area contributed by atoms with Crippen LogP contribution in [0.15, 0.2) is 66.7 Å². The average molecular weight is 503 g/mol. The Morgan fingerprint density at radius 1 is 1.03 bits per heavy atom. The van der Waals surface area contributed by atoms with Crippen LogP contribution in [0, 0.1) is 11.2 Å². The minimum absolute atomic E-state index is 0.293. The lowest BCUT2D eigenvalue weighted by atomic mass is 10.0. The van der Waals surface area contributed by atoms with Gasteiger partial charge in [0.1, 0.15) is 23.8 Å². The number of ether oxygens (including phenoxy) is 1. The van der Waals surface area contributed by atoms with Crippen LogP contribution in [0.5, 0.6) is 5.75 Å². The van der Waals surface area contributed by atoms with Gasteiger partial charge >= 0.3 is 6.18 Å². The Morgan fingerprint density at radius 3 is 2.22 bits per heavy atom. The van der Waals surface area contributed by atoms with E-state index in [9.17, 15) is 27.5 Å². The van der Waals surface area contributed by atoms with E-state index in [0.29, 0.717) is 28.3 Å². The van der Waals surface area contributed by atoms with Crippen molar-refractivity contribution in [2.24, 2.45) is 0 Å². The van der Waals surface area contributed by atoms with Crippen LogP contribution in [-0.4, -0.2) is 29.4 Å². The summed E-state index contributed by atoms with van der Waals surface area (Å²) in [6.07, 6.45) is -5.62. The molecule has 0 aliphatic rings. The standard InChI is InChI=1S/C26H25F4N3O3/c1-15(32-25(35)16(2)34)24(17-3-5-19(6-4-17)26(28,29)30)36-22-11-12-23(18(13-22)14-31)33-21-9-7-20(27)8-10-21/h3-16,24,31,33-34H,1-2H3,(H,32,35)/t15-,16+,24-/m0/s1. The van der Waals surface area contributed by atoms with E-state index >= 15 is 0 Å². The van der Waals surface area contributed by atoms with Crippen molar-refractivity contribution in [2.75, 3.05) is 5.32 Å². The van der Waals surface area contributed by atoms with Crippen molar-refractivity contribution in [3.8, 4) is 5.75 Å². The number of nitrogens with one attached hydrogen (secondary N) is 3. The molecule has 3 aromatic carbocycles. The monoisotopic (exact) mass is 503 g/mol. The van der Waals surface area contributed by atoms with Crippen molar-refractivity contribution in [2.45, 2.75) is 38.3 Å². The highest BCUT2D eigenvalue weighted by atomic mass is 19.4.